The summed E-state index contributed by atoms with van der Waals surface area (Å²) in [7, 11) is 1.11. The van der Waals surface area contributed by atoms with E-state index in [4.69, 9.17) is 0 Å². The van der Waals surface area contributed by atoms with Crippen molar-refractivity contribution in [1.29, 1.82) is 0 Å². The largest absolute Gasteiger partial charge is 0.494 e. The van der Waals surface area contributed by atoms with Crippen LogP contribution in [0.2, 0.25) is 0 Å². The van der Waals surface area contributed by atoms with Crippen LogP contribution < -0.4 is 10.1 Å². The number of nitrogens with one attached hydrogen (secondary N) is 1. The predicted molar refractivity (Wildman–Crippen MR) is 65.3 cm³/mol. The van der Waals surface area contributed by atoms with E-state index in [0.717, 1.165) is 7.11 Å². The molecule has 0 aromatic heterocycles. The third kappa shape index (κ3) is 2.55. The Bertz CT molecular complexity index is 573. The molecule has 0 heterocycles. The zero-order valence-corrected chi connectivity index (χ0v) is 11.1. The number of methoxy groups -OCH3 is 1. The van der Waals surface area contributed by atoms with Crippen molar-refractivity contribution >= 4 is 11.6 Å². The lowest BCUT2D eigenvalue weighted by Gasteiger charge is -2.41. The van der Waals surface area contributed by atoms with Crippen LogP contribution in [0.25, 0.3) is 0 Å². The SMILES string of the molecule is COc1cc(F)c(NC(=O)C(F)(F)C2(O)CCC2)cc1F. The number of hydrogen-bond acceptors (Lipinski definition) is 3. The Morgan fingerprint density at radius 1 is 1.33 bits per heavy atom. The number of alkyl halides is 2. The van der Waals surface area contributed by atoms with Gasteiger partial charge in [0.2, 0.25) is 0 Å². The van der Waals surface area contributed by atoms with Gasteiger partial charge in [0.25, 0.3) is 5.91 Å². The quantitative estimate of drug-likeness (QED) is 0.840. The van der Waals surface area contributed by atoms with E-state index < -0.39 is 40.5 Å². The van der Waals surface area contributed by atoms with Gasteiger partial charge in [-0.05, 0) is 19.3 Å². The summed E-state index contributed by atoms with van der Waals surface area (Å²) in [6.45, 7) is 0. The number of carbonyl (C=O) groups is 1. The van der Waals surface area contributed by atoms with Crippen LogP contribution >= 0.6 is 0 Å². The Kier molecular flexibility index (Phi) is 3.83. The number of rotatable bonds is 4. The topological polar surface area (TPSA) is 58.6 Å². The molecule has 116 valence electrons. The van der Waals surface area contributed by atoms with E-state index in [-0.39, 0.29) is 12.8 Å². The molecule has 0 atom stereocenters. The van der Waals surface area contributed by atoms with Gasteiger partial charge in [-0.25, -0.2) is 8.78 Å². The van der Waals surface area contributed by atoms with Gasteiger partial charge in [0.1, 0.15) is 5.60 Å². The maximum atomic E-state index is 13.8. The highest BCUT2D eigenvalue weighted by Crippen LogP contribution is 2.44. The fourth-order valence-electron chi connectivity index (χ4n) is 2.02. The van der Waals surface area contributed by atoms with Crippen molar-refractivity contribution in [3.05, 3.63) is 23.8 Å². The summed E-state index contributed by atoms with van der Waals surface area (Å²) in [5, 5.41) is 11.2. The molecular weight excluding hydrogens is 294 g/mol. The molecule has 0 bridgehead atoms. The van der Waals surface area contributed by atoms with Crippen molar-refractivity contribution in [3.8, 4) is 5.75 Å². The van der Waals surface area contributed by atoms with E-state index in [0.29, 0.717) is 18.6 Å². The minimum Gasteiger partial charge on any atom is -0.494 e. The third-order valence-corrected chi connectivity index (χ3v) is 3.54. The summed E-state index contributed by atoms with van der Waals surface area (Å²) in [5.74, 6) is -8.53. The van der Waals surface area contributed by atoms with E-state index in [2.05, 4.69) is 4.74 Å². The molecule has 1 amide bonds. The Morgan fingerprint density at radius 3 is 2.43 bits per heavy atom. The maximum Gasteiger partial charge on any atom is 0.352 e. The molecule has 1 saturated carbocycles. The summed E-state index contributed by atoms with van der Waals surface area (Å²) >= 11 is 0. The van der Waals surface area contributed by atoms with Gasteiger partial charge in [-0.3, -0.25) is 4.79 Å². The number of benzene rings is 1. The highest BCUT2D eigenvalue weighted by Gasteiger charge is 2.61. The number of hydrogen-bond donors (Lipinski definition) is 2. The van der Waals surface area contributed by atoms with E-state index in [1.54, 1.807) is 5.32 Å². The van der Waals surface area contributed by atoms with Crippen molar-refractivity contribution in [3.63, 3.8) is 0 Å². The zero-order chi connectivity index (χ0) is 15.8. The number of ether oxygens (including phenoxy) is 1. The highest BCUT2D eigenvalue weighted by atomic mass is 19.3. The number of halogens is 4. The fraction of sp³-hybridized carbons (Fsp3) is 0.462. The summed E-state index contributed by atoms with van der Waals surface area (Å²) in [6.07, 6.45) is -0.0926. The molecule has 0 spiro atoms. The summed E-state index contributed by atoms with van der Waals surface area (Å²) in [5.41, 5.74) is -3.18. The molecule has 1 fully saturated rings. The molecular formula is C13H13F4NO3. The van der Waals surface area contributed by atoms with Gasteiger partial charge in [-0.15, -0.1) is 0 Å². The van der Waals surface area contributed by atoms with Gasteiger partial charge in [-0.1, -0.05) is 0 Å². The first-order chi connectivity index (χ1) is 9.71. The highest BCUT2D eigenvalue weighted by molar-refractivity contribution is 5.97. The van der Waals surface area contributed by atoms with Crippen molar-refractivity contribution in [2.24, 2.45) is 0 Å². The van der Waals surface area contributed by atoms with E-state index in [1.165, 1.54) is 0 Å². The lowest BCUT2D eigenvalue weighted by Crippen LogP contribution is -2.59. The Hall–Kier alpha value is -1.83. The normalized spacial score (nSPS) is 17.0. The molecule has 2 rings (SSSR count). The Labute approximate surface area is 117 Å². The molecule has 8 heteroatoms. The van der Waals surface area contributed by atoms with Crippen LogP contribution in [0.4, 0.5) is 23.2 Å². The average molecular weight is 307 g/mol. The molecule has 0 unspecified atom stereocenters. The van der Waals surface area contributed by atoms with Crippen LogP contribution in [0.5, 0.6) is 5.75 Å². The number of amides is 1. The van der Waals surface area contributed by atoms with E-state index >= 15 is 0 Å². The predicted octanol–water partition coefficient (Wildman–Crippen LogP) is 2.46. The first kappa shape index (κ1) is 15.6. The number of carbonyl (C=O) groups excluding carboxylic acids is 1. The van der Waals surface area contributed by atoms with E-state index in [9.17, 15) is 27.5 Å². The second kappa shape index (κ2) is 5.18. The Morgan fingerprint density at radius 2 is 1.95 bits per heavy atom. The van der Waals surface area contributed by atoms with Crippen LogP contribution in [0.1, 0.15) is 19.3 Å². The monoisotopic (exact) mass is 307 g/mol. The molecule has 0 saturated heterocycles. The van der Waals surface area contributed by atoms with Crippen molar-refractivity contribution in [1.82, 2.24) is 0 Å². The van der Waals surface area contributed by atoms with E-state index in [1.807, 2.05) is 0 Å². The molecule has 0 aliphatic heterocycles. The van der Waals surface area contributed by atoms with Gasteiger partial charge in [0.15, 0.2) is 17.4 Å². The second-order valence-corrected chi connectivity index (χ2v) is 4.88. The first-order valence-corrected chi connectivity index (χ1v) is 6.16. The summed E-state index contributed by atoms with van der Waals surface area (Å²) in [6, 6.07) is 1.16. The third-order valence-electron chi connectivity index (χ3n) is 3.54. The Balaban J connectivity index is 2.22. The van der Waals surface area contributed by atoms with Gasteiger partial charge < -0.3 is 15.2 Å². The maximum absolute atomic E-state index is 13.8. The smallest absolute Gasteiger partial charge is 0.352 e. The van der Waals surface area contributed by atoms with Crippen LogP contribution in [-0.2, 0) is 4.79 Å². The minimum atomic E-state index is -4.09. The van der Waals surface area contributed by atoms with Crippen molar-refractivity contribution < 1.29 is 32.2 Å². The van der Waals surface area contributed by atoms with Gasteiger partial charge in [-0.2, -0.15) is 8.78 Å². The molecule has 2 N–H and O–H groups in total. The molecule has 1 aliphatic carbocycles. The number of aliphatic hydroxyl groups is 1. The molecule has 21 heavy (non-hydrogen) atoms. The number of anilines is 1. The van der Waals surface area contributed by atoms with Crippen LogP contribution in [0.15, 0.2) is 12.1 Å². The zero-order valence-electron chi connectivity index (χ0n) is 11.1. The lowest BCUT2D eigenvalue weighted by molar-refractivity contribution is -0.212. The second-order valence-electron chi connectivity index (χ2n) is 4.88. The molecule has 4 nitrogen and oxygen atoms in total. The standard InChI is InChI=1S/C13H13F4NO3/c1-21-10-6-7(14)9(5-8(10)15)18-11(19)13(16,17)12(20)3-2-4-12/h5-6,20H,2-4H2,1H3,(H,18,19). The van der Waals surface area contributed by atoms with Gasteiger partial charge in [0, 0.05) is 12.1 Å². The fourth-order valence-corrected chi connectivity index (χ4v) is 2.02. The first-order valence-electron chi connectivity index (χ1n) is 6.16. The summed E-state index contributed by atoms with van der Waals surface area (Å²) in [4.78, 5) is 11.6. The molecule has 1 aliphatic rings. The molecule has 1 aromatic rings. The van der Waals surface area contributed by atoms with Gasteiger partial charge in [0.05, 0.1) is 12.8 Å². The van der Waals surface area contributed by atoms with Gasteiger partial charge >= 0.3 is 5.92 Å². The summed E-state index contributed by atoms with van der Waals surface area (Å²) < 4.78 is 59.1. The van der Waals surface area contributed by atoms with Crippen LogP contribution in [0, 0.1) is 11.6 Å². The van der Waals surface area contributed by atoms with Crippen LogP contribution in [-0.4, -0.2) is 29.6 Å². The average Bonchev–Trinajstić information content (AvgIpc) is 2.39. The lowest BCUT2D eigenvalue weighted by atomic mass is 9.75. The molecule has 0 radical (unpaired) electrons. The minimum absolute atomic E-state index is 0.229. The van der Waals surface area contributed by atoms with Crippen molar-refractivity contribution in [2.75, 3.05) is 12.4 Å². The van der Waals surface area contributed by atoms with Crippen LogP contribution in [0.3, 0.4) is 0 Å². The molecule has 1 aromatic carbocycles. The van der Waals surface area contributed by atoms with Crippen molar-refractivity contribution in [2.45, 2.75) is 30.8 Å².